The Morgan fingerprint density at radius 2 is 1.83 bits per heavy atom. The Bertz CT molecular complexity index is 942. The van der Waals surface area contributed by atoms with Gasteiger partial charge in [-0.05, 0) is 48.0 Å². The van der Waals surface area contributed by atoms with Crippen molar-refractivity contribution < 1.29 is 13.6 Å². The van der Waals surface area contributed by atoms with Crippen LogP contribution in [0, 0.1) is 5.82 Å². The maximum atomic E-state index is 12.8. The Kier molecular flexibility index (Phi) is 4.01. The van der Waals surface area contributed by atoms with E-state index in [2.05, 4.69) is 5.32 Å². The normalized spacial score (nSPS) is 11.0. The highest BCUT2D eigenvalue weighted by Gasteiger charge is 2.02. The molecule has 0 saturated heterocycles. The van der Waals surface area contributed by atoms with Gasteiger partial charge in [-0.2, -0.15) is 0 Å². The molecule has 23 heavy (non-hydrogen) atoms. The minimum absolute atomic E-state index is 0.314. The molecule has 4 nitrogen and oxygen atoms in total. The molecule has 0 saturated carbocycles. The van der Waals surface area contributed by atoms with Gasteiger partial charge < -0.3 is 9.73 Å². The zero-order valence-electron chi connectivity index (χ0n) is 12.0. The van der Waals surface area contributed by atoms with Crippen molar-refractivity contribution in [3.8, 4) is 0 Å². The van der Waals surface area contributed by atoms with Gasteiger partial charge in [-0.25, -0.2) is 9.18 Å². The first-order valence-electron chi connectivity index (χ1n) is 6.89. The molecule has 0 atom stereocenters. The van der Waals surface area contributed by atoms with Gasteiger partial charge in [-0.3, -0.25) is 4.79 Å². The fourth-order valence-electron chi connectivity index (χ4n) is 2.08. The number of amides is 1. The van der Waals surface area contributed by atoms with Gasteiger partial charge in [0.1, 0.15) is 11.4 Å². The molecule has 0 unspecified atom stereocenters. The highest BCUT2D eigenvalue weighted by atomic mass is 19.1. The van der Waals surface area contributed by atoms with Crippen molar-refractivity contribution in [1.29, 1.82) is 0 Å². The third kappa shape index (κ3) is 3.71. The maximum Gasteiger partial charge on any atom is 0.336 e. The van der Waals surface area contributed by atoms with Crippen LogP contribution in [0.2, 0.25) is 0 Å². The molecule has 0 radical (unpaired) electrons. The summed E-state index contributed by atoms with van der Waals surface area (Å²) in [5, 5.41) is 3.42. The molecule has 2 aromatic carbocycles. The number of hydrogen-bond donors (Lipinski definition) is 1. The van der Waals surface area contributed by atoms with E-state index in [1.807, 2.05) is 0 Å². The SMILES string of the molecule is O=C(C=Cc1ccc(F)cc1)Nc1ccc2oc(=O)ccc2c1. The average molecular weight is 309 g/mol. The molecule has 0 spiro atoms. The zero-order valence-corrected chi connectivity index (χ0v) is 12.0. The Labute approximate surface area is 130 Å². The smallest absolute Gasteiger partial charge is 0.336 e. The third-order valence-corrected chi connectivity index (χ3v) is 3.18. The Balaban J connectivity index is 1.73. The van der Waals surface area contributed by atoms with E-state index in [1.54, 1.807) is 42.5 Å². The predicted octanol–water partition coefficient (Wildman–Crippen LogP) is 3.58. The van der Waals surface area contributed by atoms with Crippen LogP contribution >= 0.6 is 0 Å². The summed E-state index contributed by atoms with van der Waals surface area (Å²) in [6.07, 6.45) is 2.96. The average Bonchev–Trinajstić information content (AvgIpc) is 2.54. The van der Waals surface area contributed by atoms with Crippen molar-refractivity contribution in [2.24, 2.45) is 0 Å². The van der Waals surface area contributed by atoms with Gasteiger partial charge in [-0.15, -0.1) is 0 Å². The summed E-state index contributed by atoms with van der Waals surface area (Å²) in [4.78, 5) is 23.0. The lowest BCUT2D eigenvalue weighted by atomic mass is 10.2. The van der Waals surface area contributed by atoms with E-state index in [9.17, 15) is 14.0 Å². The van der Waals surface area contributed by atoms with Gasteiger partial charge in [0.25, 0.3) is 0 Å². The van der Waals surface area contributed by atoms with Crippen LogP contribution in [0.5, 0.6) is 0 Å². The van der Waals surface area contributed by atoms with Crippen LogP contribution in [0.25, 0.3) is 17.0 Å². The van der Waals surface area contributed by atoms with Crippen LogP contribution in [0.1, 0.15) is 5.56 Å². The predicted molar refractivity (Wildman–Crippen MR) is 86.5 cm³/mol. The van der Waals surface area contributed by atoms with Gasteiger partial charge in [-0.1, -0.05) is 12.1 Å². The largest absolute Gasteiger partial charge is 0.423 e. The number of anilines is 1. The lowest BCUT2D eigenvalue weighted by Gasteiger charge is -2.03. The minimum Gasteiger partial charge on any atom is -0.423 e. The van der Waals surface area contributed by atoms with Crippen LogP contribution in [-0.4, -0.2) is 5.91 Å². The van der Waals surface area contributed by atoms with Gasteiger partial charge in [0, 0.05) is 23.2 Å². The van der Waals surface area contributed by atoms with E-state index >= 15 is 0 Å². The number of carbonyl (C=O) groups is 1. The summed E-state index contributed by atoms with van der Waals surface area (Å²) < 4.78 is 17.8. The highest BCUT2D eigenvalue weighted by molar-refractivity contribution is 6.02. The molecular formula is C18H12FNO3. The van der Waals surface area contributed by atoms with Gasteiger partial charge in [0.2, 0.25) is 5.91 Å². The monoisotopic (exact) mass is 309 g/mol. The van der Waals surface area contributed by atoms with Crippen molar-refractivity contribution in [3.63, 3.8) is 0 Å². The summed E-state index contributed by atoms with van der Waals surface area (Å²) in [6, 6.07) is 13.7. The van der Waals surface area contributed by atoms with E-state index in [0.717, 1.165) is 5.56 Å². The van der Waals surface area contributed by atoms with Gasteiger partial charge >= 0.3 is 5.63 Å². The molecule has 0 bridgehead atoms. The van der Waals surface area contributed by atoms with E-state index in [4.69, 9.17) is 4.42 Å². The summed E-state index contributed by atoms with van der Waals surface area (Å²) in [5.74, 6) is -0.638. The first kappa shape index (κ1) is 14.7. The van der Waals surface area contributed by atoms with E-state index < -0.39 is 5.63 Å². The number of benzene rings is 2. The number of halogens is 1. The van der Waals surface area contributed by atoms with Crippen LogP contribution < -0.4 is 10.9 Å². The lowest BCUT2D eigenvalue weighted by Crippen LogP contribution is -2.07. The molecule has 3 aromatic rings. The Morgan fingerprint density at radius 3 is 2.61 bits per heavy atom. The summed E-state index contributed by atoms with van der Waals surface area (Å²) in [6.45, 7) is 0. The molecule has 0 aliphatic rings. The molecule has 3 rings (SSSR count). The second-order valence-electron chi connectivity index (χ2n) is 4.88. The van der Waals surface area contributed by atoms with E-state index in [0.29, 0.717) is 16.7 Å². The van der Waals surface area contributed by atoms with Gasteiger partial charge in [0.05, 0.1) is 0 Å². The van der Waals surface area contributed by atoms with Crippen molar-refractivity contribution in [2.75, 3.05) is 5.32 Å². The number of hydrogen-bond acceptors (Lipinski definition) is 3. The van der Waals surface area contributed by atoms with E-state index in [1.165, 1.54) is 24.3 Å². The van der Waals surface area contributed by atoms with Crippen molar-refractivity contribution in [2.45, 2.75) is 0 Å². The molecule has 1 heterocycles. The molecule has 0 fully saturated rings. The Morgan fingerprint density at radius 1 is 1.04 bits per heavy atom. The number of rotatable bonds is 3. The van der Waals surface area contributed by atoms with Crippen LogP contribution in [0.3, 0.4) is 0 Å². The lowest BCUT2D eigenvalue weighted by molar-refractivity contribution is -0.111. The van der Waals surface area contributed by atoms with Crippen LogP contribution in [0.15, 0.2) is 69.9 Å². The summed E-state index contributed by atoms with van der Waals surface area (Å²) in [7, 11) is 0. The van der Waals surface area contributed by atoms with Crippen molar-refractivity contribution in [1.82, 2.24) is 0 Å². The third-order valence-electron chi connectivity index (χ3n) is 3.18. The minimum atomic E-state index is -0.420. The zero-order chi connectivity index (χ0) is 16.2. The van der Waals surface area contributed by atoms with Crippen molar-refractivity contribution >= 4 is 28.6 Å². The summed E-state index contributed by atoms with van der Waals surface area (Å²) >= 11 is 0. The quantitative estimate of drug-likeness (QED) is 0.594. The highest BCUT2D eigenvalue weighted by Crippen LogP contribution is 2.17. The van der Waals surface area contributed by atoms with E-state index in [-0.39, 0.29) is 11.7 Å². The number of carbonyl (C=O) groups excluding carboxylic acids is 1. The van der Waals surface area contributed by atoms with Crippen LogP contribution in [-0.2, 0) is 4.79 Å². The fourth-order valence-corrected chi connectivity index (χ4v) is 2.08. The first-order valence-corrected chi connectivity index (χ1v) is 6.89. The molecule has 0 aliphatic carbocycles. The second kappa shape index (κ2) is 6.27. The molecule has 1 N–H and O–H groups in total. The fraction of sp³-hybridized carbons (Fsp3) is 0. The molecule has 1 aromatic heterocycles. The first-order chi connectivity index (χ1) is 11.1. The molecule has 5 heteroatoms. The van der Waals surface area contributed by atoms with Crippen LogP contribution in [0.4, 0.5) is 10.1 Å². The molecular weight excluding hydrogens is 297 g/mol. The molecule has 1 amide bonds. The standard InChI is InChI=1S/C18H12FNO3/c19-14-5-1-12(2-6-14)3-9-17(21)20-15-7-8-16-13(11-15)4-10-18(22)23-16/h1-11H,(H,20,21). The number of nitrogens with one attached hydrogen (secondary N) is 1. The van der Waals surface area contributed by atoms with Crippen molar-refractivity contribution in [3.05, 3.63) is 82.5 Å². The molecule has 0 aliphatic heterocycles. The van der Waals surface area contributed by atoms with Gasteiger partial charge in [0.15, 0.2) is 0 Å². The number of fused-ring (bicyclic) bond motifs is 1. The Hall–Kier alpha value is -3.21. The maximum absolute atomic E-state index is 12.8. The molecule has 114 valence electrons. The second-order valence-corrected chi connectivity index (χ2v) is 4.88. The topological polar surface area (TPSA) is 59.3 Å². The summed E-state index contributed by atoms with van der Waals surface area (Å²) in [5.41, 5.74) is 1.34.